The topological polar surface area (TPSA) is 91.2 Å². The highest BCUT2D eigenvalue weighted by atomic mass is 79.9. The minimum Gasteiger partial charge on any atom is -0.483 e. The lowest BCUT2D eigenvalue weighted by molar-refractivity contribution is -0.118. The molecule has 6 nitrogen and oxygen atoms in total. The molecule has 3 aromatic carbocycles. The highest BCUT2D eigenvalue weighted by molar-refractivity contribution is 9.10. The van der Waals surface area contributed by atoms with Crippen molar-refractivity contribution in [3.63, 3.8) is 0 Å². The normalized spacial score (nSPS) is 10.9. The third kappa shape index (κ3) is 6.56. The van der Waals surface area contributed by atoms with E-state index in [1.165, 1.54) is 6.08 Å². The van der Waals surface area contributed by atoms with Gasteiger partial charge in [0.15, 0.2) is 6.61 Å². The lowest BCUT2D eigenvalue weighted by Crippen LogP contribution is -2.20. The van der Waals surface area contributed by atoms with Crippen LogP contribution >= 0.6 is 15.9 Å². The second-order valence-corrected chi connectivity index (χ2v) is 8.62. The summed E-state index contributed by atoms with van der Waals surface area (Å²) in [6, 6.07) is 20.1. The average Bonchev–Trinajstić information content (AvgIpc) is 2.81. The van der Waals surface area contributed by atoms with E-state index in [4.69, 9.17) is 4.74 Å². The Morgan fingerprint density at radius 1 is 1.03 bits per heavy atom. The molecule has 0 saturated heterocycles. The fourth-order valence-corrected chi connectivity index (χ4v) is 3.60. The quantitative estimate of drug-likeness (QED) is 0.299. The van der Waals surface area contributed by atoms with Gasteiger partial charge in [-0.15, -0.1) is 0 Å². The third-order valence-corrected chi connectivity index (χ3v) is 5.80. The zero-order valence-electron chi connectivity index (χ0n) is 19.1. The van der Waals surface area contributed by atoms with Crippen molar-refractivity contribution in [3.8, 4) is 11.8 Å². The van der Waals surface area contributed by atoms with Gasteiger partial charge >= 0.3 is 0 Å². The molecule has 3 aromatic rings. The lowest BCUT2D eigenvalue weighted by atomic mass is 10.1. The van der Waals surface area contributed by atoms with Crippen LogP contribution in [0.3, 0.4) is 0 Å². The fraction of sp³-hybridized carbons (Fsp3) is 0.148. The van der Waals surface area contributed by atoms with Crippen LogP contribution in [0.15, 0.2) is 70.7 Å². The number of aryl methyl sites for hydroxylation is 2. The molecule has 0 radical (unpaired) electrons. The number of anilines is 2. The second kappa shape index (κ2) is 11.3. The summed E-state index contributed by atoms with van der Waals surface area (Å²) in [5.41, 5.74) is 5.14. The van der Waals surface area contributed by atoms with Crippen molar-refractivity contribution in [2.45, 2.75) is 20.8 Å². The lowest BCUT2D eigenvalue weighted by Gasteiger charge is -2.12. The molecule has 0 aliphatic heterocycles. The molecule has 0 aromatic heterocycles. The van der Waals surface area contributed by atoms with Crippen molar-refractivity contribution in [2.24, 2.45) is 0 Å². The molecular formula is C27H24BrN3O3. The predicted octanol–water partition coefficient (Wildman–Crippen LogP) is 5.94. The highest BCUT2D eigenvalue weighted by Crippen LogP contribution is 2.27. The van der Waals surface area contributed by atoms with Crippen molar-refractivity contribution >= 4 is 45.2 Å². The van der Waals surface area contributed by atoms with Gasteiger partial charge in [-0.05, 0) is 89.8 Å². The molecule has 0 unspecified atom stereocenters. The molecule has 2 amide bonds. The SMILES string of the molecule is Cc1ccc(NC(=O)/C(C#N)=C\c2ccc(OCC(=O)Nc3cccc(C)c3C)c(Br)c2)cc1. The zero-order chi connectivity index (χ0) is 24.7. The first-order chi connectivity index (χ1) is 16.3. The number of rotatable bonds is 7. The Morgan fingerprint density at radius 3 is 2.44 bits per heavy atom. The van der Waals surface area contributed by atoms with Gasteiger partial charge in [0.25, 0.3) is 11.8 Å². The van der Waals surface area contributed by atoms with Crippen LogP contribution < -0.4 is 15.4 Å². The number of benzene rings is 3. The van der Waals surface area contributed by atoms with E-state index in [0.717, 1.165) is 22.4 Å². The first-order valence-corrected chi connectivity index (χ1v) is 11.3. The Bertz CT molecular complexity index is 1290. The number of hydrogen-bond acceptors (Lipinski definition) is 4. The van der Waals surface area contributed by atoms with Gasteiger partial charge in [-0.2, -0.15) is 5.26 Å². The van der Waals surface area contributed by atoms with E-state index in [0.29, 0.717) is 21.5 Å². The third-order valence-electron chi connectivity index (χ3n) is 5.18. The Labute approximate surface area is 207 Å². The minimum atomic E-state index is -0.495. The summed E-state index contributed by atoms with van der Waals surface area (Å²) in [5, 5.41) is 15.0. The van der Waals surface area contributed by atoms with Crippen LogP contribution in [-0.2, 0) is 9.59 Å². The van der Waals surface area contributed by atoms with E-state index in [9.17, 15) is 14.9 Å². The van der Waals surface area contributed by atoms with Crippen LogP contribution in [0.4, 0.5) is 11.4 Å². The van der Waals surface area contributed by atoms with Gasteiger partial charge in [-0.3, -0.25) is 9.59 Å². The maximum Gasteiger partial charge on any atom is 0.266 e. The Morgan fingerprint density at radius 2 is 1.76 bits per heavy atom. The van der Waals surface area contributed by atoms with Crippen LogP contribution in [0.5, 0.6) is 5.75 Å². The number of nitrogens with zero attached hydrogens (tertiary/aromatic N) is 1. The van der Waals surface area contributed by atoms with Crippen molar-refractivity contribution in [3.05, 3.63) is 93.0 Å². The molecule has 3 rings (SSSR count). The maximum absolute atomic E-state index is 12.5. The standard InChI is InChI=1S/C27H24BrN3O3/c1-17-7-10-22(11-8-17)30-27(33)21(15-29)13-20-9-12-25(23(28)14-20)34-16-26(32)31-24-6-4-5-18(2)19(24)3/h4-14H,16H2,1-3H3,(H,30,33)(H,31,32)/b21-13-. The molecule has 0 atom stereocenters. The number of hydrogen-bond donors (Lipinski definition) is 2. The number of amides is 2. The van der Waals surface area contributed by atoms with Gasteiger partial charge in [0.1, 0.15) is 17.4 Å². The molecule has 0 saturated carbocycles. The van der Waals surface area contributed by atoms with E-state index in [-0.39, 0.29) is 18.1 Å². The van der Waals surface area contributed by atoms with Crippen LogP contribution in [0.1, 0.15) is 22.3 Å². The van der Waals surface area contributed by atoms with E-state index >= 15 is 0 Å². The average molecular weight is 518 g/mol. The first kappa shape index (κ1) is 24.7. The predicted molar refractivity (Wildman–Crippen MR) is 138 cm³/mol. The number of ether oxygens (including phenoxy) is 1. The Kier molecular flexibility index (Phi) is 8.23. The van der Waals surface area contributed by atoms with Crippen molar-refractivity contribution < 1.29 is 14.3 Å². The Balaban J connectivity index is 1.64. The van der Waals surface area contributed by atoms with E-state index in [1.807, 2.05) is 57.2 Å². The molecule has 172 valence electrons. The van der Waals surface area contributed by atoms with Gasteiger partial charge in [0.05, 0.1) is 4.47 Å². The second-order valence-electron chi connectivity index (χ2n) is 7.76. The zero-order valence-corrected chi connectivity index (χ0v) is 20.7. The maximum atomic E-state index is 12.5. The van der Waals surface area contributed by atoms with E-state index in [1.54, 1.807) is 30.3 Å². The molecule has 0 aliphatic carbocycles. The summed E-state index contributed by atoms with van der Waals surface area (Å²) >= 11 is 3.43. The van der Waals surface area contributed by atoms with Crippen LogP contribution in [-0.4, -0.2) is 18.4 Å². The smallest absolute Gasteiger partial charge is 0.266 e. The van der Waals surface area contributed by atoms with Gasteiger partial charge in [0.2, 0.25) is 0 Å². The number of carbonyl (C=O) groups is 2. The molecule has 0 heterocycles. The van der Waals surface area contributed by atoms with E-state index in [2.05, 4.69) is 26.6 Å². The van der Waals surface area contributed by atoms with E-state index < -0.39 is 5.91 Å². The number of halogens is 1. The monoisotopic (exact) mass is 517 g/mol. The number of carbonyl (C=O) groups excluding carboxylic acids is 2. The molecule has 2 N–H and O–H groups in total. The molecule has 0 bridgehead atoms. The summed E-state index contributed by atoms with van der Waals surface area (Å²) in [7, 11) is 0. The van der Waals surface area contributed by atoms with Crippen molar-refractivity contribution in [1.29, 1.82) is 5.26 Å². The molecule has 34 heavy (non-hydrogen) atoms. The Hall–Kier alpha value is -3.89. The summed E-state index contributed by atoms with van der Waals surface area (Å²) in [5.74, 6) is -0.300. The molecule has 7 heteroatoms. The fourth-order valence-electron chi connectivity index (χ4n) is 3.09. The van der Waals surface area contributed by atoms with Crippen molar-refractivity contribution in [2.75, 3.05) is 17.2 Å². The highest BCUT2D eigenvalue weighted by Gasteiger charge is 2.12. The van der Waals surface area contributed by atoms with Gasteiger partial charge in [-0.25, -0.2) is 0 Å². The first-order valence-electron chi connectivity index (χ1n) is 10.5. The molecule has 0 spiro atoms. The summed E-state index contributed by atoms with van der Waals surface area (Å²) in [4.78, 5) is 24.8. The molecule has 0 aliphatic rings. The largest absolute Gasteiger partial charge is 0.483 e. The summed E-state index contributed by atoms with van der Waals surface area (Å²) < 4.78 is 6.23. The summed E-state index contributed by atoms with van der Waals surface area (Å²) in [6.45, 7) is 5.72. The van der Waals surface area contributed by atoms with Crippen LogP contribution in [0.2, 0.25) is 0 Å². The van der Waals surface area contributed by atoms with Gasteiger partial charge in [0, 0.05) is 11.4 Å². The van der Waals surface area contributed by atoms with Crippen LogP contribution in [0.25, 0.3) is 6.08 Å². The van der Waals surface area contributed by atoms with Crippen LogP contribution in [0, 0.1) is 32.1 Å². The summed E-state index contributed by atoms with van der Waals surface area (Å²) in [6.07, 6.45) is 1.49. The molecule has 0 fully saturated rings. The van der Waals surface area contributed by atoms with Gasteiger partial charge < -0.3 is 15.4 Å². The van der Waals surface area contributed by atoms with Gasteiger partial charge in [-0.1, -0.05) is 35.9 Å². The number of nitrogens with one attached hydrogen (secondary N) is 2. The van der Waals surface area contributed by atoms with Crippen molar-refractivity contribution in [1.82, 2.24) is 0 Å². The number of nitriles is 1. The molecular weight excluding hydrogens is 494 g/mol. The minimum absolute atomic E-state index is 0.0333.